The molecule has 3 N–H and O–H groups in total. The van der Waals surface area contributed by atoms with E-state index in [2.05, 4.69) is 29.7 Å². The predicted molar refractivity (Wildman–Crippen MR) is 149 cm³/mol. The number of hydrogen-bond acceptors (Lipinski definition) is 6. The molecule has 5 rings (SSSR count). The molecule has 39 heavy (non-hydrogen) atoms. The van der Waals surface area contributed by atoms with E-state index in [-0.39, 0.29) is 5.82 Å². The number of amidine groups is 1. The number of H-pyrrole nitrogens is 1. The number of piperazine rings is 1. The second-order valence-electron chi connectivity index (χ2n) is 9.44. The van der Waals surface area contributed by atoms with E-state index in [0.717, 1.165) is 28.9 Å². The molecule has 3 heterocycles. The highest BCUT2D eigenvalue weighted by Crippen LogP contribution is 2.29. The van der Waals surface area contributed by atoms with Crippen LogP contribution >= 0.6 is 0 Å². The van der Waals surface area contributed by atoms with Crippen LogP contribution in [0.15, 0.2) is 78.2 Å². The van der Waals surface area contributed by atoms with E-state index in [9.17, 15) is 9.50 Å². The summed E-state index contributed by atoms with van der Waals surface area (Å²) in [4.78, 5) is 20.9. The van der Waals surface area contributed by atoms with Crippen molar-refractivity contribution < 1.29 is 14.2 Å². The molecule has 1 aliphatic heterocycles. The maximum atomic E-state index is 13.3. The van der Waals surface area contributed by atoms with Crippen molar-refractivity contribution in [3.05, 3.63) is 95.8 Å². The summed E-state index contributed by atoms with van der Waals surface area (Å²) >= 11 is 0. The SMILES string of the molecule is COc1cccc(-c2c[nH]c(C(=NC=N)N3CCN(c4ncc([C@@](C)(O)c5ccc(F)cc5)cn4)CC3)c2)c1. The Morgan fingerprint density at radius 3 is 2.44 bits per heavy atom. The van der Waals surface area contributed by atoms with Gasteiger partial charge in [0.15, 0.2) is 5.84 Å². The minimum Gasteiger partial charge on any atom is -0.497 e. The summed E-state index contributed by atoms with van der Waals surface area (Å²) < 4.78 is 18.7. The average molecular weight is 528 g/mol. The summed E-state index contributed by atoms with van der Waals surface area (Å²) in [6, 6.07) is 15.6. The molecular formula is C29H30FN7O2. The molecule has 9 nitrogen and oxygen atoms in total. The third-order valence-corrected chi connectivity index (χ3v) is 6.98. The molecule has 2 aromatic carbocycles. The van der Waals surface area contributed by atoms with Gasteiger partial charge < -0.3 is 24.6 Å². The van der Waals surface area contributed by atoms with Crippen LogP contribution in [-0.2, 0) is 5.60 Å². The number of benzene rings is 2. The standard InChI is InChI=1S/C29H30FN7O2/c1-29(38,22-6-8-24(30)9-7-22)23-17-33-28(34-18-23)37-12-10-36(11-13-37)27(35-19-31)26-15-21(16-32-26)20-4-3-5-25(14-20)39-2/h3-9,14-19,31-32,38H,10-13H2,1-2H3/t29-/m0/s1. The number of methoxy groups -OCH3 is 1. The van der Waals surface area contributed by atoms with Crippen LogP contribution in [-0.4, -0.2) is 70.4 Å². The van der Waals surface area contributed by atoms with E-state index in [4.69, 9.17) is 10.1 Å². The molecule has 0 saturated carbocycles. The van der Waals surface area contributed by atoms with Crippen LogP contribution in [0.4, 0.5) is 10.3 Å². The maximum Gasteiger partial charge on any atom is 0.225 e. The summed E-state index contributed by atoms with van der Waals surface area (Å²) in [5, 5.41) is 18.6. The number of aliphatic hydroxyl groups is 1. The van der Waals surface area contributed by atoms with Crippen LogP contribution in [0.5, 0.6) is 5.75 Å². The van der Waals surface area contributed by atoms with Crippen molar-refractivity contribution in [3.8, 4) is 16.9 Å². The van der Waals surface area contributed by atoms with E-state index in [1.165, 1.54) is 12.1 Å². The van der Waals surface area contributed by atoms with Crippen molar-refractivity contribution in [1.29, 1.82) is 5.41 Å². The lowest BCUT2D eigenvalue weighted by Gasteiger charge is -2.36. The van der Waals surface area contributed by atoms with Crippen molar-refractivity contribution in [2.24, 2.45) is 4.99 Å². The zero-order valence-corrected chi connectivity index (χ0v) is 21.8. The number of aliphatic imine (C=N–C) groups is 1. The molecule has 1 atom stereocenters. The van der Waals surface area contributed by atoms with Crippen molar-refractivity contribution in [2.45, 2.75) is 12.5 Å². The lowest BCUT2D eigenvalue weighted by Crippen LogP contribution is -2.49. The van der Waals surface area contributed by atoms with E-state index in [0.29, 0.717) is 49.1 Å². The van der Waals surface area contributed by atoms with Gasteiger partial charge in [0.05, 0.1) is 12.8 Å². The first-order valence-corrected chi connectivity index (χ1v) is 12.6. The molecule has 0 unspecified atom stereocenters. The minimum atomic E-state index is -1.34. The van der Waals surface area contributed by atoms with Gasteiger partial charge in [-0.2, -0.15) is 0 Å². The molecule has 10 heteroatoms. The number of aromatic amines is 1. The molecule has 0 spiro atoms. The topological polar surface area (TPSA) is 114 Å². The summed E-state index contributed by atoms with van der Waals surface area (Å²) in [5.41, 5.74) is 2.60. The zero-order chi connectivity index (χ0) is 27.4. The first-order chi connectivity index (χ1) is 18.9. The number of nitrogens with one attached hydrogen (secondary N) is 2. The number of rotatable bonds is 7. The van der Waals surface area contributed by atoms with Gasteiger partial charge in [-0.1, -0.05) is 24.3 Å². The Morgan fingerprint density at radius 1 is 1.05 bits per heavy atom. The number of hydrogen-bond donors (Lipinski definition) is 3. The highest BCUT2D eigenvalue weighted by Gasteiger charge is 2.28. The summed E-state index contributed by atoms with van der Waals surface area (Å²) in [7, 11) is 1.65. The van der Waals surface area contributed by atoms with Crippen LogP contribution in [0.2, 0.25) is 0 Å². The third-order valence-electron chi connectivity index (χ3n) is 6.98. The van der Waals surface area contributed by atoms with Gasteiger partial charge in [0.2, 0.25) is 5.95 Å². The summed E-state index contributed by atoms with van der Waals surface area (Å²) in [6.45, 7) is 4.29. The Balaban J connectivity index is 1.26. The van der Waals surface area contributed by atoms with E-state index >= 15 is 0 Å². The molecule has 4 aromatic rings. The van der Waals surface area contributed by atoms with Gasteiger partial charge in [0.25, 0.3) is 0 Å². The van der Waals surface area contributed by atoms with Crippen LogP contribution in [0.1, 0.15) is 23.7 Å². The average Bonchev–Trinajstić information content (AvgIpc) is 3.46. The molecule has 1 fully saturated rings. The van der Waals surface area contributed by atoms with Gasteiger partial charge in [-0.25, -0.2) is 19.4 Å². The van der Waals surface area contributed by atoms with Crippen LogP contribution in [0.25, 0.3) is 11.1 Å². The monoisotopic (exact) mass is 527 g/mol. The lowest BCUT2D eigenvalue weighted by molar-refractivity contribution is 0.101. The van der Waals surface area contributed by atoms with E-state index in [1.807, 2.05) is 36.5 Å². The van der Waals surface area contributed by atoms with E-state index in [1.54, 1.807) is 38.6 Å². The molecule has 2 aromatic heterocycles. The van der Waals surface area contributed by atoms with Gasteiger partial charge in [0.1, 0.15) is 23.5 Å². The van der Waals surface area contributed by atoms with E-state index < -0.39 is 5.60 Å². The van der Waals surface area contributed by atoms with Gasteiger partial charge >= 0.3 is 0 Å². The van der Waals surface area contributed by atoms with Crippen molar-refractivity contribution in [2.75, 3.05) is 38.2 Å². The molecule has 1 saturated heterocycles. The fourth-order valence-electron chi connectivity index (χ4n) is 4.67. The minimum absolute atomic E-state index is 0.359. The summed E-state index contributed by atoms with van der Waals surface area (Å²) in [6.07, 6.45) is 6.21. The number of aromatic nitrogens is 3. The van der Waals surface area contributed by atoms with Crippen molar-refractivity contribution >= 4 is 18.1 Å². The Labute approximate surface area is 226 Å². The molecular weight excluding hydrogens is 497 g/mol. The second-order valence-corrected chi connectivity index (χ2v) is 9.44. The van der Waals surface area contributed by atoms with Crippen molar-refractivity contribution in [1.82, 2.24) is 19.9 Å². The normalized spacial score (nSPS) is 15.6. The molecule has 0 aliphatic carbocycles. The Bertz CT molecular complexity index is 1460. The molecule has 0 amide bonds. The number of nitrogens with zero attached hydrogens (tertiary/aromatic N) is 5. The van der Waals surface area contributed by atoms with Crippen LogP contribution < -0.4 is 9.64 Å². The third kappa shape index (κ3) is 5.51. The van der Waals surface area contributed by atoms with Crippen LogP contribution in [0.3, 0.4) is 0 Å². The number of halogens is 1. The summed E-state index contributed by atoms with van der Waals surface area (Å²) in [5.74, 6) is 1.70. The molecule has 0 radical (unpaired) electrons. The Hall–Kier alpha value is -4.57. The fourth-order valence-corrected chi connectivity index (χ4v) is 4.67. The zero-order valence-electron chi connectivity index (χ0n) is 21.8. The van der Waals surface area contributed by atoms with Gasteiger partial charge in [-0.3, -0.25) is 5.41 Å². The lowest BCUT2D eigenvalue weighted by atomic mass is 9.90. The fraction of sp³-hybridized carbons (Fsp3) is 0.241. The molecule has 0 bridgehead atoms. The molecule has 1 aliphatic rings. The highest BCUT2D eigenvalue weighted by atomic mass is 19.1. The second kappa shape index (κ2) is 11.0. The van der Waals surface area contributed by atoms with Crippen LogP contribution in [0, 0.1) is 11.2 Å². The first kappa shape index (κ1) is 26.1. The predicted octanol–water partition coefficient (Wildman–Crippen LogP) is 4.05. The first-order valence-electron chi connectivity index (χ1n) is 12.6. The maximum absolute atomic E-state index is 13.3. The van der Waals surface area contributed by atoms with Gasteiger partial charge in [0, 0.05) is 50.3 Å². The molecule has 200 valence electrons. The number of ether oxygens (including phenoxy) is 1. The number of anilines is 1. The Morgan fingerprint density at radius 2 is 1.77 bits per heavy atom. The highest BCUT2D eigenvalue weighted by molar-refractivity contribution is 6.01. The smallest absolute Gasteiger partial charge is 0.225 e. The Kier molecular flexibility index (Phi) is 7.38. The van der Waals surface area contributed by atoms with Gasteiger partial charge in [-0.15, -0.1) is 0 Å². The van der Waals surface area contributed by atoms with Crippen molar-refractivity contribution in [3.63, 3.8) is 0 Å². The largest absolute Gasteiger partial charge is 0.497 e. The van der Waals surface area contributed by atoms with Gasteiger partial charge in [-0.05, 0) is 53.9 Å². The quantitative estimate of drug-likeness (QED) is 0.247.